The van der Waals surface area contributed by atoms with Crippen LogP contribution >= 0.6 is 0 Å². The first-order valence-corrected chi connectivity index (χ1v) is 12.6. The minimum atomic E-state index is -3.59. The Bertz CT molecular complexity index is 1200. The zero-order chi connectivity index (χ0) is 24.0. The lowest BCUT2D eigenvalue weighted by molar-refractivity contribution is -0.121. The van der Waals surface area contributed by atoms with Gasteiger partial charge in [-0.15, -0.1) is 0 Å². The second-order valence-electron chi connectivity index (χ2n) is 8.54. The molecule has 1 atom stereocenters. The number of benzene rings is 3. The molecule has 2 N–H and O–H groups in total. The SMILES string of the molecule is Cc1cc(C)c([C@@H](C)NC(=O)CCc2ccc(S(=O)(=O)NCc3ccccc3)cc2)cc1C. The monoisotopic (exact) mass is 464 g/mol. The molecule has 0 unspecified atom stereocenters. The molecule has 3 aromatic rings. The van der Waals surface area contributed by atoms with E-state index < -0.39 is 10.0 Å². The third-order valence-electron chi connectivity index (χ3n) is 5.91. The molecule has 0 aliphatic carbocycles. The second-order valence-corrected chi connectivity index (χ2v) is 10.3. The lowest BCUT2D eigenvalue weighted by Gasteiger charge is -2.18. The maximum Gasteiger partial charge on any atom is 0.240 e. The minimum Gasteiger partial charge on any atom is -0.350 e. The smallest absolute Gasteiger partial charge is 0.240 e. The fraction of sp³-hybridized carbons (Fsp3) is 0.296. The summed E-state index contributed by atoms with van der Waals surface area (Å²) in [4.78, 5) is 12.7. The molecule has 0 aromatic heterocycles. The van der Waals surface area contributed by atoms with Crippen LogP contribution in [0.4, 0.5) is 0 Å². The van der Waals surface area contributed by atoms with Crippen LogP contribution in [0.2, 0.25) is 0 Å². The Hall–Kier alpha value is -2.96. The van der Waals surface area contributed by atoms with Gasteiger partial charge in [-0.1, -0.05) is 54.6 Å². The summed E-state index contributed by atoms with van der Waals surface area (Å²) < 4.78 is 27.7. The van der Waals surface area contributed by atoms with Gasteiger partial charge in [0.15, 0.2) is 0 Å². The van der Waals surface area contributed by atoms with Crippen LogP contribution in [0.1, 0.15) is 52.8 Å². The van der Waals surface area contributed by atoms with Crippen LogP contribution in [0, 0.1) is 20.8 Å². The number of rotatable bonds is 9. The van der Waals surface area contributed by atoms with E-state index in [0.29, 0.717) is 12.8 Å². The Morgan fingerprint density at radius 1 is 0.848 bits per heavy atom. The highest BCUT2D eigenvalue weighted by Gasteiger charge is 2.15. The van der Waals surface area contributed by atoms with Crippen LogP contribution in [0.25, 0.3) is 0 Å². The molecule has 3 aromatic carbocycles. The quantitative estimate of drug-likeness (QED) is 0.473. The second kappa shape index (κ2) is 10.8. The summed E-state index contributed by atoms with van der Waals surface area (Å²) in [7, 11) is -3.59. The molecule has 33 heavy (non-hydrogen) atoms. The molecule has 6 heteroatoms. The number of carbonyl (C=O) groups excluding carboxylic acids is 1. The fourth-order valence-corrected chi connectivity index (χ4v) is 4.81. The normalized spacial score (nSPS) is 12.4. The summed E-state index contributed by atoms with van der Waals surface area (Å²) in [5, 5.41) is 3.08. The van der Waals surface area contributed by atoms with Crippen molar-refractivity contribution in [2.45, 2.75) is 58.0 Å². The highest BCUT2D eigenvalue weighted by molar-refractivity contribution is 7.89. The topological polar surface area (TPSA) is 75.3 Å². The van der Waals surface area contributed by atoms with E-state index in [1.165, 1.54) is 16.7 Å². The molecule has 0 radical (unpaired) electrons. The number of amides is 1. The molecule has 0 fully saturated rings. The van der Waals surface area contributed by atoms with Gasteiger partial charge < -0.3 is 5.32 Å². The first-order chi connectivity index (χ1) is 15.7. The van der Waals surface area contributed by atoms with Gasteiger partial charge in [0, 0.05) is 13.0 Å². The number of nitrogens with one attached hydrogen (secondary N) is 2. The van der Waals surface area contributed by atoms with Crippen LogP contribution in [-0.4, -0.2) is 14.3 Å². The van der Waals surface area contributed by atoms with E-state index in [1.54, 1.807) is 24.3 Å². The molecule has 0 aliphatic heterocycles. The first kappa shape index (κ1) is 24.7. The van der Waals surface area contributed by atoms with Gasteiger partial charge >= 0.3 is 0 Å². The van der Waals surface area contributed by atoms with E-state index in [9.17, 15) is 13.2 Å². The van der Waals surface area contributed by atoms with Crippen molar-refractivity contribution in [2.24, 2.45) is 0 Å². The van der Waals surface area contributed by atoms with E-state index in [-0.39, 0.29) is 23.4 Å². The Kier molecular flexibility index (Phi) is 8.06. The third kappa shape index (κ3) is 6.76. The van der Waals surface area contributed by atoms with E-state index >= 15 is 0 Å². The summed E-state index contributed by atoms with van der Waals surface area (Å²) >= 11 is 0. The van der Waals surface area contributed by atoms with Gasteiger partial charge in [0.1, 0.15) is 0 Å². The van der Waals surface area contributed by atoms with Crippen molar-refractivity contribution in [1.82, 2.24) is 10.0 Å². The summed E-state index contributed by atoms with van der Waals surface area (Å²) in [6.07, 6.45) is 0.884. The fourth-order valence-electron chi connectivity index (χ4n) is 3.79. The Balaban J connectivity index is 1.53. The molecule has 0 spiro atoms. The molecule has 0 heterocycles. The molecule has 3 rings (SSSR count). The van der Waals surface area contributed by atoms with E-state index in [0.717, 1.165) is 16.7 Å². The van der Waals surface area contributed by atoms with Crippen molar-refractivity contribution in [3.63, 3.8) is 0 Å². The summed E-state index contributed by atoms with van der Waals surface area (Å²) in [5.41, 5.74) is 6.57. The molecule has 0 saturated heterocycles. The van der Waals surface area contributed by atoms with E-state index in [4.69, 9.17) is 0 Å². The van der Waals surface area contributed by atoms with Crippen LogP contribution in [0.5, 0.6) is 0 Å². The Labute approximate surface area is 197 Å². The molecule has 0 bridgehead atoms. The van der Waals surface area contributed by atoms with Crippen molar-refractivity contribution in [1.29, 1.82) is 0 Å². The van der Waals surface area contributed by atoms with Crippen LogP contribution in [0.15, 0.2) is 71.6 Å². The van der Waals surface area contributed by atoms with Crippen molar-refractivity contribution < 1.29 is 13.2 Å². The maximum atomic E-state index is 12.5. The number of sulfonamides is 1. The zero-order valence-electron chi connectivity index (χ0n) is 19.7. The van der Waals surface area contributed by atoms with E-state index in [1.807, 2.05) is 37.3 Å². The van der Waals surface area contributed by atoms with Gasteiger partial charge in [-0.25, -0.2) is 13.1 Å². The number of carbonyl (C=O) groups is 1. The lowest BCUT2D eigenvalue weighted by atomic mass is 9.96. The standard InChI is InChI=1S/C27H32N2O3S/c1-19-16-21(3)26(17-20(19)2)22(4)29-27(30)15-12-23-10-13-25(14-11-23)33(31,32)28-18-24-8-6-5-7-9-24/h5-11,13-14,16-17,22,28H,12,15,18H2,1-4H3,(H,29,30)/t22-/m1/s1. The lowest BCUT2D eigenvalue weighted by Crippen LogP contribution is -2.27. The van der Waals surface area contributed by atoms with Gasteiger partial charge in [-0.3, -0.25) is 4.79 Å². The first-order valence-electron chi connectivity index (χ1n) is 11.2. The molecule has 1 amide bonds. The molecule has 0 saturated carbocycles. The maximum absolute atomic E-state index is 12.5. The van der Waals surface area contributed by atoms with Crippen LogP contribution in [-0.2, 0) is 27.8 Å². The van der Waals surface area contributed by atoms with Crippen molar-refractivity contribution >= 4 is 15.9 Å². The highest BCUT2D eigenvalue weighted by Crippen LogP contribution is 2.22. The summed E-state index contributed by atoms with van der Waals surface area (Å²) in [6, 6.07) is 20.3. The number of hydrogen-bond acceptors (Lipinski definition) is 3. The average Bonchev–Trinajstić information content (AvgIpc) is 2.79. The van der Waals surface area contributed by atoms with Crippen molar-refractivity contribution in [3.05, 3.63) is 100 Å². The van der Waals surface area contributed by atoms with Gasteiger partial charge in [0.05, 0.1) is 10.9 Å². The van der Waals surface area contributed by atoms with Gasteiger partial charge in [0.25, 0.3) is 0 Å². The van der Waals surface area contributed by atoms with Gasteiger partial charge in [0.2, 0.25) is 15.9 Å². The van der Waals surface area contributed by atoms with Crippen molar-refractivity contribution in [2.75, 3.05) is 0 Å². The number of hydrogen-bond donors (Lipinski definition) is 2. The Morgan fingerprint density at radius 3 is 2.15 bits per heavy atom. The predicted molar refractivity (Wildman–Crippen MR) is 132 cm³/mol. The minimum absolute atomic E-state index is 0.0265. The largest absolute Gasteiger partial charge is 0.350 e. The summed E-state index contributed by atoms with van der Waals surface area (Å²) in [6.45, 7) is 8.47. The Morgan fingerprint density at radius 2 is 1.48 bits per heavy atom. The highest BCUT2D eigenvalue weighted by atomic mass is 32.2. The number of aryl methyl sites for hydroxylation is 4. The van der Waals surface area contributed by atoms with Gasteiger partial charge in [-0.2, -0.15) is 0 Å². The van der Waals surface area contributed by atoms with Gasteiger partial charge in [-0.05, 0) is 79.6 Å². The zero-order valence-corrected chi connectivity index (χ0v) is 20.5. The van der Waals surface area contributed by atoms with Crippen LogP contribution in [0.3, 0.4) is 0 Å². The third-order valence-corrected chi connectivity index (χ3v) is 7.33. The van der Waals surface area contributed by atoms with Crippen LogP contribution < -0.4 is 10.0 Å². The van der Waals surface area contributed by atoms with E-state index in [2.05, 4.69) is 42.9 Å². The predicted octanol–water partition coefficient (Wildman–Crippen LogP) is 4.90. The summed E-state index contributed by atoms with van der Waals surface area (Å²) in [5.74, 6) is -0.0265. The average molecular weight is 465 g/mol. The molecular weight excluding hydrogens is 432 g/mol. The van der Waals surface area contributed by atoms with Crippen molar-refractivity contribution in [3.8, 4) is 0 Å². The molecule has 0 aliphatic rings. The molecular formula is C27H32N2O3S. The molecule has 5 nitrogen and oxygen atoms in total. The molecule has 174 valence electrons.